The number of nitrogens with one attached hydrogen (secondary N) is 2. The maximum Gasteiger partial charge on any atom is 0.283 e. The number of nitrogens with zero attached hydrogens (tertiary/aromatic N) is 6. The van der Waals surface area contributed by atoms with Crippen molar-refractivity contribution in [3.63, 3.8) is 0 Å². The standard InChI is InChI=1S/C20H20N8OS/c29-20(19-21-7-10-30-19)27-8-1-3-14(27)18-23-17(15-4-2-9-28(15)26-18)22-16-11-13(24-25-16)12-5-6-12/h2,4,7,9-12,14H,1,3,5-6,8H2,(H2,22,23,24,25,26)/t14-/m1/s1. The second-order valence-corrected chi connectivity index (χ2v) is 8.65. The molecule has 9 nitrogen and oxygen atoms in total. The van der Waals surface area contributed by atoms with Crippen molar-refractivity contribution in [3.05, 3.63) is 52.5 Å². The third-order valence-corrected chi connectivity index (χ3v) is 6.46. The number of H-pyrrole nitrogens is 1. The van der Waals surface area contributed by atoms with Gasteiger partial charge >= 0.3 is 0 Å². The zero-order valence-electron chi connectivity index (χ0n) is 16.2. The first kappa shape index (κ1) is 17.6. The van der Waals surface area contributed by atoms with E-state index >= 15 is 0 Å². The summed E-state index contributed by atoms with van der Waals surface area (Å²) in [6, 6.07) is 5.78. The number of aromatic nitrogens is 6. The van der Waals surface area contributed by atoms with Crippen LogP contribution in [-0.4, -0.2) is 47.1 Å². The van der Waals surface area contributed by atoms with Gasteiger partial charge in [-0.05, 0) is 37.8 Å². The maximum atomic E-state index is 12.9. The van der Waals surface area contributed by atoms with Gasteiger partial charge in [-0.1, -0.05) is 0 Å². The summed E-state index contributed by atoms with van der Waals surface area (Å²) in [5.41, 5.74) is 2.03. The SMILES string of the molecule is O=C(c1nccs1)N1CCC[C@@H]1c1nc(Nc2cc(C3CC3)[nH]n2)c2cccn2n1. The number of likely N-dealkylation sites (tertiary alicyclic amines) is 1. The summed E-state index contributed by atoms with van der Waals surface area (Å²) in [7, 11) is 0. The van der Waals surface area contributed by atoms with E-state index in [2.05, 4.69) is 20.5 Å². The molecule has 10 heteroatoms. The first-order valence-electron chi connectivity index (χ1n) is 10.1. The van der Waals surface area contributed by atoms with Gasteiger partial charge in [0, 0.05) is 42.0 Å². The molecule has 1 saturated heterocycles. The quantitative estimate of drug-likeness (QED) is 0.512. The van der Waals surface area contributed by atoms with Crippen molar-refractivity contribution in [2.75, 3.05) is 11.9 Å². The van der Waals surface area contributed by atoms with Crippen molar-refractivity contribution in [2.45, 2.75) is 37.6 Å². The van der Waals surface area contributed by atoms with Crippen LogP contribution in [0.15, 0.2) is 36.0 Å². The van der Waals surface area contributed by atoms with Crippen LogP contribution in [-0.2, 0) is 0 Å². The lowest BCUT2D eigenvalue weighted by atomic mass is 10.2. The lowest BCUT2D eigenvalue weighted by Gasteiger charge is -2.23. The minimum absolute atomic E-state index is 0.0559. The Balaban J connectivity index is 1.34. The molecule has 4 aromatic rings. The first-order chi connectivity index (χ1) is 14.8. The smallest absolute Gasteiger partial charge is 0.283 e. The predicted molar refractivity (Wildman–Crippen MR) is 112 cm³/mol. The molecule has 1 aliphatic heterocycles. The normalized spacial score (nSPS) is 18.9. The number of hydrogen-bond acceptors (Lipinski definition) is 7. The molecule has 1 saturated carbocycles. The molecule has 152 valence electrons. The van der Waals surface area contributed by atoms with Crippen LogP contribution in [0.3, 0.4) is 0 Å². The average Bonchev–Trinajstić information content (AvgIpc) is 3.28. The summed E-state index contributed by atoms with van der Waals surface area (Å²) in [5.74, 6) is 2.60. The fraction of sp³-hybridized carbons (Fsp3) is 0.350. The van der Waals surface area contributed by atoms with Gasteiger partial charge in [-0.2, -0.15) is 10.2 Å². The molecule has 6 rings (SSSR count). The van der Waals surface area contributed by atoms with E-state index in [1.165, 1.54) is 24.2 Å². The summed E-state index contributed by atoms with van der Waals surface area (Å²) >= 11 is 1.36. The van der Waals surface area contributed by atoms with Gasteiger partial charge in [0.1, 0.15) is 5.52 Å². The van der Waals surface area contributed by atoms with E-state index in [-0.39, 0.29) is 11.9 Å². The van der Waals surface area contributed by atoms with Gasteiger partial charge in [-0.25, -0.2) is 14.5 Å². The zero-order valence-corrected chi connectivity index (χ0v) is 17.0. The summed E-state index contributed by atoms with van der Waals surface area (Å²) in [6.45, 7) is 0.684. The van der Waals surface area contributed by atoms with E-state index in [1.807, 2.05) is 39.2 Å². The number of carbonyl (C=O) groups is 1. The van der Waals surface area contributed by atoms with Crippen LogP contribution in [0, 0.1) is 0 Å². The van der Waals surface area contributed by atoms with Crippen molar-refractivity contribution < 1.29 is 4.79 Å². The number of amides is 1. The van der Waals surface area contributed by atoms with Crippen LogP contribution in [0.2, 0.25) is 0 Å². The average molecular weight is 421 g/mol. The molecule has 4 aromatic heterocycles. The Morgan fingerprint density at radius 2 is 2.23 bits per heavy atom. The van der Waals surface area contributed by atoms with Gasteiger partial charge in [0.15, 0.2) is 22.5 Å². The molecule has 1 atom stereocenters. The fourth-order valence-corrected chi connectivity index (χ4v) is 4.63. The molecule has 0 unspecified atom stereocenters. The molecule has 0 bridgehead atoms. The number of aromatic amines is 1. The van der Waals surface area contributed by atoms with E-state index < -0.39 is 0 Å². The van der Waals surface area contributed by atoms with E-state index in [0.29, 0.717) is 29.1 Å². The minimum Gasteiger partial charge on any atom is -0.326 e. The highest BCUT2D eigenvalue weighted by molar-refractivity contribution is 7.11. The van der Waals surface area contributed by atoms with Crippen LogP contribution >= 0.6 is 11.3 Å². The van der Waals surface area contributed by atoms with Crippen LogP contribution < -0.4 is 5.32 Å². The Morgan fingerprint density at radius 1 is 1.30 bits per heavy atom. The van der Waals surface area contributed by atoms with Crippen molar-refractivity contribution in [1.29, 1.82) is 0 Å². The van der Waals surface area contributed by atoms with Gasteiger partial charge in [0.2, 0.25) is 0 Å². The Hall–Kier alpha value is -3.27. The highest BCUT2D eigenvalue weighted by Crippen LogP contribution is 2.40. The molecule has 30 heavy (non-hydrogen) atoms. The van der Waals surface area contributed by atoms with Gasteiger partial charge in [-0.3, -0.25) is 9.89 Å². The molecule has 1 amide bonds. The number of rotatable bonds is 5. The third kappa shape index (κ3) is 3.04. The van der Waals surface area contributed by atoms with Crippen LogP contribution in [0.5, 0.6) is 0 Å². The minimum atomic E-state index is -0.171. The van der Waals surface area contributed by atoms with E-state index in [1.54, 1.807) is 6.20 Å². The molecule has 1 aliphatic carbocycles. The molecule has 2 aliphatic rings. The number of anilines is 2. The Labute approximate surface area is 176 Å². The van der Waals surface area contributed by atoms with Gasteiger partial charge in [-0.15, -0.1) is 11.3 Å². The predicted octanol–water partition coefficient (Wildman–Crippen LogP) is 3.51. The molecule has 0 spiro atoms. The van der Waals surface area contributed by atoms with Gasteiger partial charge in [0.25, 0.3) is 5.91 Å². The summed E-state index contributed by atoms with van der Waals surface area (Å²) in [6.07, 6.45) is 7.74. The number of hydrogen-bond donors (Lipinski definition) is 2. The summed E-state index contributed by atoms with van der Waals surface area (Å²) < 4.78 is 1.81. The highest BCUT2D eigenvalue weighted by atomic mass is 32.1. The van der Waals surface area contributed by atoms with Crippen molar-refractivity contribution in [3.8, 4) is 0 Å². The second kappa shape index (κ2) is 6.91. The van der Waals surface area contributed by atoms with Crippen molar-refractivity contribution in [2.24, 2.45) is 0 Å². The molecular weight excluding hydrogens is 400 g/mol. The number of fused-ring (bicyclic) bond motifs is 1. The Kier molecular flexibility index (Phi) is 4.05. The van der Waals surface area contributed by atoms with Crippen molar-refractivity contribution in [1.82, 2.24) is 34.7 Å². The molecular formula is C20H20N8OS. The van der Waals surface area contributed by atoms with Crippen LogP contribution in [0.25, 0.3) is 5.52 Å². The Bertz CT molecular complexity index is 1210. The molecule has 0 radical (unpaired) electrons. The van der Waals surface area contributed by atoms with Gasteiger partial charge in [0.05, 0.1) is 6.04 Å². The lowest BCUT2D eigenvalue weighted by Crippen LogP contribution is -2.31. The fourth-order valence-electron chi connectivity index (χ4n) is 4.04. The van der Waals surface area contributed by atoms with Crippen molar-refractivity contribution >= 4 is 34.4 Å². The topological polar surface area (TPSA) is 104 Å². The summed E-state index contributed by atoms with van der Waals surface area (Å²) in [5, 5.41) is 17.9. The van der Waals surface area contributed by atoms with Crippen LogP contribution in [0.4, 0.5) is 11.6 Å². The second-order valence-electron chi connectivity index (χ2n) is 7.76. The van der Waals surface area contributed by atoms with E-state index in [0.717, 1.165) is 29.9 Å². The molecule has 2 N–H and O–H groups in total. The maximum absolute atomic E-state index is 12.9. The molecule has 2 fully saturated rings. The van der Waals surface area contributed by atoms with E-state index in [9.17, 15) is 4.79 Å². The Morgan fingerprint density at radius 3 is 3.07 bits per heavy atom. The van der Waals surface area contributed by atoms with Crippen LogP contribution in [0.1, 0.15) is 59.0 Å². The van der Waals surface area contributed by atoms with E-state index in [4.69, 9.17) is 10.1 Å². The molecule has 5 heterocycles. The third-order valence-electron chi connectivity index (χ3n) is 5.70. The highest BCUT2D eigenvalue weighted by Gasteiger charge is 2.34. The first-order valence-corrected chi connectivity index (χ1v) is 11.0. The summed E-state index contributed by atoms with van der Waals surface area (Å²) in [4.78, 5) is 23.8. The number of thiazole rings is 1. The number of carbonyl (C=O) groups excluding carboxylic acids is 1. The zero-order chi connectivity index (χ0) is 20.1. The molecule has 0 aromatic carbocycles. The lowest BCUT2D eigenvalue weighted by molar-refractivity contribution is 0.0728. The monoisotopic (exact) mass is 420 g/mol. The largest absolute Gasteiger partial charge is 0.326 e. The van der Waals surface area contributed by atoms with Gasteiger partial charge < -0.3 is 10.2 Å².